The van der Waals surface area contributed by atoms with Gasteiger partial charge in [-0.1, -0.05) is 30.7 Å². The molecule has 5 aromatic rings. The normalized spacial score (nSPS) is 16.6. The van der Waals surface area contributed by atoms with E-state index < -0.39 is 24.0 Å². The van der Waals surface area contributed by atoms with Crippen LogP contribution in [0.1, 0.15) is 51.8 Å². The van der Waals surface area contributed by atoms with Gasteiger partial charge in [0.2, 0.25) is 5.91 Å². The third kappa shape index (κ3) is 4.58. The van der Waals surface area contributed by atoms with Crippen LogP contribution in [0.25, 0.3) is 33.1 Å². The Hall–Kier alpha value is -4.96. The number of benzene rings is 2. The number of nitrogens with two attached hydrogens (primary N) is 1. The van der Waals surface area contributed by atoms with Gasteiger partial charge in [0.15, 0.2) is 5.78 Å². The second-order valence-corrected chi connectivity index (χ2v) is 9.92. The van der Waals surface area contributed by atoms with Gasteiger partial charge >= 0.3 is 5.97 Å². The van der Waals surface area contributed by atoms with Gasteiger partial charge in [-0.15, -0.1) is 0 Å². The molecule has 40 heavy (non-hydrogen) atoms. The Balaban J connectivity index is 1.46. The average molecular weight is 535 g/mol. The smallest absolute Gasteiger partial charge is 0.335 e. The van der Waals surface area contributed by atoms with E-state index in [4.69, 9.17) is 5.73 Å². The van der Waals surface area contributed by atoms with Crippen LogP contribution in [-0.4, -0.2) is 60.2 Å². The molecule has 0 saturated carbocycles. The number of hydrogen-bond donors (Lipinski definition) is 3. The van der Waals surface area contributed by atoms with E-state index in [0.29, 0.717) is 41.1 Å². The fourth-order valence-corrected chi connectivity index (χ4v) is 5.50. The molecule has 2 atom stereocenters. The number of aromatic amines is 1. The quantitative estimate of drug-likeness (QED) is 0.263. The highest BCUT2D eigenvalue weighted by molar-refractivity contribution is 6.03. The number of carboxylic acid groups (broad SMARTS) is 1. The molecular weight excluding hydrogens is 508 g/mol. The molecule has 2 unspecified atom stereocenters. The van der Waals surface area contributed by atoms with Gasteiger partial charge in [0.05, 0.1) is 28.3 Å². The molecule has 200 valence electrons. The zero-order valence-electron chi connectivity index (χ0n) is 21.4. The summed E-state index contributed by atoms with van der Waals surface area (Å²) >= 11 is 0. The van der Waals surface area contributed by atoms with Crippen LogP contribution in [-0.2, 0) is 4.79 Å². The van der Waals surface area contributed by atoms with Crippen molar-refractivity contribution >= 4 is 39.5 Å². The summed E-state index contributed by atoms with van der Waals surface area (Å²) in [5.41, 5.74) is 8.67. The van der Waals surface area contributed by atoms with Gasteiger partial charge in [0.1, 0.15) is 11.9 Å². The van der Waals surface area contributed by atoms with E-state index in [0.717, 1.165) is 29.2 Å². The molecule has 4 N–H and O–H groups in total. The van der Waals surface area contributed by atoms with Crippen LogP contribution in [0.4, 0.5) is 0 Å². The fourth-order valence-electron chi connectivity index (χ4n) is 5.50. The molecule has 10 nitrogen and oxygen atoms in total. The highest BCUT2D eigenvalue weighted by Gasteiger charge is 2.39. The van der Waals surface area contributed by atoms with Crippen molar-refractivity contribution in [2.75, 3.05) is 6.54 Å². The lowest BCUT2D eigenvalue weighted by Gasteiger charge is -2.38. The standard InChI is InChI=1S/C30H26N6O4/c31-28(38)25-7-3-4-12-36(25)26(29-34-22-9-8-18(30(39)40)14-24(22)35-29)27(37)17-10-11-33-23(13-17)21-16-32-15-19-5-1-2-6-20(19)21/h1-2,5-6,8-11,13-16,25-26H,3-4,7,12H2,(H2,31,38)(H,34,35)(H,39,40). The molecule has 0 bridgehead atoms. The highest BCUT2D eigenvalue weighted by atomic mass is 16.4. The number of ketones is 1. The maximum Gasteiger partial charge on any atom is 0.335 e. The van der Waals surface area contributed by atoms with Crippen LogP contribution in [0.3, 0.4) is 0 Å². The van der Waals surface area contributed by atoms with E-state index in [1.54, 1.807) is 36.8 Å². The third-order valence-electron chi connectivity index (χ3n) is 7.45. The first-order valence-corrected chi connectivity index (χ1v) is 13.0. The molecule has 1 aliphatic heterocycles. The van der Waals surface area contributed by atoms with Crippen LogP contribution in [0.2, 0.25) is 0 Å². The Labute approximate surface area is 228 Å². The van der Waals surface area contributed by atoms with Crippen molar-refractivity contribution in [1.29, 1.82) is 0 Å². The number of aromatic nitrogens is 4. The molecule has 2 aromatic carbocycles. The summed E-state index contributed by atoms with van der Waals surface area (Å²) in [6, 6.07) is 14.2. The molecule has 3 aromatic heterocycles. The number of imidazole rings is 1. The first-order chi connectivity index (χ1) is 19.4. The summed E-state index contributed by atoms with van der Waals surface area (Å²) in [6.07, 6.45) is 7.23. The van der Waals surface area contributed by atoms with Gasteiger partial charge in [0.25, 0.3) is 0 Å². The number of amides is 1. The number of piperidine rings is 1. The number of nitrogens with one attached hydrogen (secondary N) is 1. The van der Waals surface area contributed by atoms with Gasteiger partial charge in [-0.2, -0.15) is 0 Å². The van der Waals surface area contributed by atoms with Crippen LogP contribution in [0.5, 0.6) is 0 Å². The summed E-state index contributed by atoms with van der Waals surface area (Å²) < 4.78 is 0. The monoisotopic (exact) mass is 534 g/mol. The number of nitrogens with zero attached hydrogens (tertiary/aromatic N) is 4. The van der Waals surface area contributed by atoms with Gasteiger partial charge in [-0.3, -0.25) is 24.5 Å². The van der Waals surface area contributed by atoms with Gasteiger partial charge in [-0.05, 0) is 48.6 Å². The van der Waals surface area contributed by atoms with Gasteiger partial charge in [0, 0.05) is 41.6 Å². The molecule has 1 aliphatic rings. The lowest BCUT2D eigenvalue weighted by molar-refractivity contribution is -0.125. The molecule has 1 saturated heterocycles. The van der Waals surface area contributed by atoms with Crippen LogP contribution >= 0.6 is 0 Å². The number of hydrogen-bond acceptors (Lipinski definition) is 7. The maximum absolute atomic E-state index is 14.3. The molecule has 0 radical (unpaired) electrons. The zero-order valence-corrected chi connectivity index (χ0v) is 21.4. The minimum absolute atomic E-state index is 0.0982. The Kier molecular flexibility index (Phi) is 6.53. The fraction of sp³-hybridized carbons (Fsp3) is 0.200. The van der Waals surface area contributed by atoms with E-state index in [1.165, 1.54) is 12.1 Å². The van der Waals surface area contributed by atoms with E-state index in [-0.39, 0.29) is 11.3 Å². The second-order valence-electron chi connectivity index (χ2n) is 9.92. The topological polar surface area (TPSA) is 155 Å². The SMILES string of the molecule is NC(=O)C1CCCCN1C(C(=O)c1ccnc(-c2cncc3ccccc23)c1)c1nc2ccc(C(=O)O)cc2[nH]1. The largest absolute Gasteiger partial charge is 0.478 e. The van der Waals surface area contributed by atoms with E-state index >= 15 is 0 Å². The molecular formula is C30H26N6O4. The number of primary amides is 1. The molecule has 0 aliphatic carbocycles. The lowest BCUT2D eigenvalue weighted by Crippen LogP contribution is -2.51. The first-order valence-electron chi connectivity index (χ1n) is 13.0. The predicted molar refractivity (Wildman–Crippen MR) is 149 cm³/mol. The predicted octanol–water partition coefficient (Wildman–Crippen LogP) is 4.14. The van der Waals surface area contributed by atoms with E-state index in [1.807, 2.05) is 29.2 Å². The second kappa shape index (κ2) is 10.3. The number of H-pyrrole nitrogens is 1. The van der Waals surface area contributed by atoms with E-state index in [9.17, 15) is 19.5 Å². The molecule has 1 amide bonds. The van der Waals surface area contributed by atoms with Crippen molar-refractivity contribution in [1.82, 2.24) is 24.8 Å². The highest BCUT2D eigenvalue weighted by Crippen LogP contribution is 2.33. The van der Waals surface area contributed by atoms with Crippen LogP contribution < -0.4 is 5.73 Å². The number of carbonyl (C=O) groups is 3. The Morgan fingerprint density at radius 1 is 1.02 bits per heavy atom. The first kappa shape index (κ1) is 25.3. The minimum Gasteiger partial charge on any atom is -0.478 e. The zero-order chi connectivity index (χ0) is 27.8. The number of carbonyl (C=O) groups excluding carboxylic acids is 2. The number of Topliss-reactive ketones (excluding diaryl/α,β-unsaturated/α-hetero) is 1. The number of aromatic carboxylic acids is 1. The minimum atomic E-state index is -1.07. The number of carboxylic acids is 1. The van der Waals surface area contributed by atoms with Gasteiger partial charge in [-0.25, -0.2) is 9.78 Å². The number of rotatable bonds is 7. The summed E-state index contributed by atoms with van der Waals surface area (Å²) in [7, 11) is 0. The summed E-state index contributed by atoms with van der Waals surface area (Å²) in [5, 5.41) is 11.3. The van der Waals surface area contributed by atoms with Crippen molar-refractivity contribution < 1.29 is 19.5 Å². The van der Waals surface area contributed by atoms with Crippen LogP contribution in [0.15, 0.2) is 73.2 Å². The molecule has 6 rings (SSSR count). The Morgan fingerprint density at radius 2 is 1.88 bits per heavy atom. The number of fused-ring (bicyclic) bond motifs is 2. The Bertz CT molecular complexity index is 1780. The van der Waals surface area contributed by atoms with Crippen molar-refractivity contribution in [2.24, 2.45) is 5.73 Å². The maximum atomic E-state index is 14.3. The Morgan fingerprint density at radius 3 is 2.70 bits per heavy atom. The molecule has 4 heterocycles. The summed E-state index contributed by atoms with van der Waals surface area (Å²) in [4.78, 5) is 56.8. The number of pyridine rings is 2. The van der Waals surface area contributed by atoms with Gasteiger partial charge < -0.3 is 15.8 Å². The molecule has 1 fully saturated rings. The third-order valence-corrected chi connectivity index (χ3v) is 7.45. The van der Waals surface area contributed by atoms with E-state index in [2.05, 4.69) is 19.9 Å². The van der Waals surface area contributed by atoms with Crippen molar-refractivity contribution in [3.63, 3.8) is 0 Å². The molecule has 0 spiro atoms. The number of likely N-dealkylation sites (tertiary alicyclic amines) is 1. The van der Waals surface area contributed by atoms with Crippen molar-refractivity contribution in [3.8, 4) is 11.3 Å². The average Bonchev–Trinajstić information content (AvgIpc) is 3.40. The lowest BCUT2D eigenvalue weighted by atomic mass is 9.94. The summed E-state index contributed by atoms with van der Waals surface area (Å²) in [6.45, 7) is 0.479. The van der Waals surface area contributed by atoms with Crippen molar-refractivity contribution in [2.45, 2.75) is 31.3 Å². The van der Waals surface area contributed by atoms with Crippen molar-refractivity contribution in [3.05, 3.63) is 90.1 Å². The molecule has 10 heteroatoms. The summed E-state index contributed by atoms with van der Waals surface area (Å²) in [5.74, 6) is -1.52. The van der Waals surface area contributed by atoms with Crippen LogP contribution in [0, 0.1) is 0 Å².